The van der Waals surface area contributed by atoms with Gasteiger partial charge >= 0.3 is 0 Å². The van der Waals surface area contributed by atoms with E-state index in [1.807, 2.05) is 208 Å². The monoisotopic (exact) mass is 1380 g/mol. The molecule has 23 heteroatoms. The molecule has 6 heterocycles. The number of fused-ring (bicyclic) bond motifs is 3. The summed E-state index contributed by atoms with van der Waals surface area (Å²) in [5, 5.41) is 37.2. The molecule has 540 valence electrons. The van der Waals surface area contributed by atoms with Crippen molar-refractivity contribution in [3.63, 3.8) is 0 Å². The first-order valence-corrected chi connectivity index (χ1v) is 35.3. The summed E-state index contributed by atoms with van der Waals surface area (Å²) in [5.41, 5.74) is 9.01. The molecule has 12 rings (SSSR count). The summed E-state index contributed by atoms with van der Waals surface area (Å²) in [6.45, 7) is 28.7. The van der Waals surface area contributed by atoms with Crippen LogP contribution in [0.4, 0.5) is 39.8 Å². The first-order chi connectivity index (χ1) is 48.8. The Bertz CT molecular complexity index is 3750. The fourth-order valence-electron chi connectivity index (χ4n) is 11.1. The molecule has 0 saturated carbocycles. The van der Waals surface area contributed by atoms with Crippen LogP contribution in [0.5, 0.6) is 0 Å². The number of hydrogen-bond acceptors (Lipinski definition) is 17. The van der Waals surface area contributed by atoms with Gasteiger partial charge in [0.05, 0.1) is 40.3 Å². The minimum absolute atomic E-state index is 0.125. The number of azo groups is 3. The maximum atomic E-state index is 13.2. The summed E-state index contributed by atoms with van der Waals surface area (Å²) in [6, 6.07) is 45.8. The van der Waals surface area contributed by atoms with E-state index in [0.29, 0.717) is 55.6 Å². The highest BCUT2D eigenvalue weighted by Gasteiger charge is 2.40. The standard InChI is InChI=1S/C24H27N5O3.C22H23N5O3.C13H12N2O3.C7H8N2.C4H10.4C2H6/c1-15(2)29-13-12-18(23(31)25-20-9-11-22(30)26-24(20)32)19-14-17(8-10-21(19)29)28-27-16-6-4-3-5-7-16;1-27-12-11-16(21(29)23-18-8-10-20(28)24-22(18)30)17-13-15(7-9-19(17)27)26-25-14-5-3-2-4-6-14;16-11-6-5-10(12(17)14-11)15-7-8-3-1-2-4-9(8)13(15)18;1-8-9-7-5-3-2-4-6-7;1-4(2)3;4*1-2/h3-8,10,14-15,18,20H,9,11-13H2,1-2H3,(H,25,31)(H,26,30,32);2-7,9,13,16,18H,8,10-12H2,1H3,(H,23,29)(H,24,28,30);1-4,10H,5-7H2,(H,14,16,17);2-6H,1H3;4H,1-3H3;4*1-2H3/t18?,20-;16?,18-;;;;;;;/m00......./s1. The van der Waals surface area contributed by atoms with Crippen molar-refractivity contribution in [1.29, 1.82) is 0 Å². The molecule has 9 amide bonds. The highest BCUT2D eigenvalue weighted by atomic mass is 16.2. The number of anilines is 2. The lowest BCUT2D eigenvalue weighted by Crippen LogP contribution is -2.53. The van der Waals surface area contributed by atoms with Crippen molar-refractivity contribution in [3.05, 3.63) is 174 Å². The highest BCUT2D eigenvalue weighted by molar-refractivity contribution is 6.06. The molecule has 0 spiro atoms. The van der Waals surface area contributed by atoms with Gasteiger partial charge in [-0.2, -0.15) is 30.7 Å². The van der Waals surface area contributed by atoms with Gasteiger partial charge in [-0.15, -0.1) is 0 Å². The van der Waals surface area contributed by atoms with Gasteiger partial charge in [0.1, 0.15) is 18.1 Å². The normalized spacial score (nSPS) is 18.6. The molecule has 3 unspecified atom stereocenters. The molecule has 5 N–H and O–H groups in total. The molecule has 0 aliphatic carbocycles. The number of amides is 9. The highest BCUT2D eigenvalue weighted by Crippen LogP contribution is 2.41. The Morgan fingerprint density at radius 2 is 0.842 bits per heavy atom. The molecule has 3 fully saturated rings. The van der Waals surface area contributed by atoms with Gasteiger partial charge in [0.25, 0.3) is 5.91 Å². The Morgan fingerprint density at radius 1 is 0.455 bits per heavy atom. The van der Waals surface area contributed by atoms with E-state index < -0.39 is 41.8 Å². The second-order valence-electron chi connectivity index (χ2n) is 23.9. The maximum absolute atomic E-state index is 13.2. The summed E-state index contributed by atoms with van der Waals surface area (Å²) in [5.74, 6) is -2.64. The first kappa shape index (κ1) is 83.0. The smallest absolute Gasteiger partial charge is 0.255 e. The second kappa shape index (κ2) is 43.8. The number of piperidine rings is 3. The lowest BCUT2D eigenvalue weighted by Gasteiger charge is -2.38. The van der Waals surface area contributed by atoms with Crippen LogP contribution < -0.4 is 36.4 Å². The lowest BCUT2D eigenvalue weighted by atomic mass is 9.87. The van der Waals surface area contributed by atoms with E-state index in [2.05, 4.69) is 102 Å². The number of hydrogen-bond donors (Lipinski definition) is 5. The van der Waals surface area contributed by atoms with Crippen LogP contribution in [0.25, 0.3) is 0 Å². The number of nitrogens with zero attached hydrogens (tertiary/aromatic N) is 9. The number of imide groups is 3. The van der Waals surface area contributed by atoms with Crippen LogP contribution in [0.15, 0.2) is 182 Å². The lowest BCUT2D eigenvalue weighted by molar-refractivity contribution is -0.138. The average Bonchev–Trinajstić information content (AvgIpc) is 1.56. The number of carbonyl (C=O) groups excluding carboxylic acids is 9. The zero-order valence-corrected chi connectivity index (χ0v) is 61.5. The van der Waals surface area contributed by atoms with Crippen LogP contribution in [-0.4, -0.2) is 109 Å². The molecule has 6 aromatic rings. The Hall–Kier alpha value is -10.5. The zero-order chi connectivity index (χ0) is 74.6. The molecular weight excluding hydrogens is 1280 g/mol. The van der Waals surface area contributed by atoms with Crippen molar-refractivity contribution >= 4 is 93.0 Å². The van der Waals surface area contributed by atoms with Crippen LogP contribution >= 0.6 is 0 Å². The van der Waals surface area contributed by atoms with Gasteiger partial charge in [-0.1, -0.05) is 149 Å². The van der Waals surface area contributed by atoms with Crippen molar-refractivity contribution in [2.45, 2.75) is 184 Å². The summed E-state index contributed by atoms with van der Waals surface area (Å²) < 4.78 is 0. The van der Waals surface area contributed by atoms with Gasteiger partial charge < -0.3 is 25.3 Å². The quantitative estimate of drug-likeness (QED) is 0.0600. The third-order valence-electron chi connectivity index (χ3n) is 15.8. The van der Waals surface area contributed by atoms with Gasteiger partial charge in [0.2, 0.25) is 47.3 Å². The summed E-state index contributed by atoms with van der Waals surface area (Å²) >= 11 is 0. The SMILES string of the molecule is CC.CC.CC.CC.CC(C)C.CC(C)N1CCC(C(=O)N[C@H]2CCC(=O)NC2=O)c2cc(N=Nc3ccccc3)ccc21.CN1CCC(C(=O)N[C@H]2CCC(=O)NC2=O)c2cc(N=Nc3ccccc3)ccc21.CN=Nc1ccccc1.O=C1CCC(N2Cc3ccccc3C2=O)C(=O)N1. The van der Waals surface area contributed by atoms with Crippen LogP contribution in [0.2, 0.25) is 0 Å². The molecular formula is C78H104N14O9. The van der Waals surface area contributed by atoms with Gasteiger partial charge in [0.15, 0.2) is 0 Å². The van der Waals surface area contributed by atoms with Crippen molar-refractivity contribution in [3.8, 4) is 0 Å². The number of rotatable bonds is 11. The van der Waals surface area contributed by atoms with Gasteiger partial charge in [-0.05, 0) is 147 Å². The number of benzene rings is 6. The van der Waals surface area contributed by atoms with Crippen LogP contribution in [-0.2, 0) is 44.9 Å². The fourth-order valence-corrected chi connectivity index (χ4v) is 11.1. The van der Waals surface area contributed by atoms with Crippen molar-refractivity contribution < 1.29 is 43.2 Å². The Labute approximate surface area is 596 Å². The van der Waals surface area contributed by atoms with Crippen LogP contribution in [0, 0.1) is 5.92 Å². The third-order valence-corrected chi connectivity index (χ3v) is 15.8. The molecule has 0 aromatic heterocycles. The van der Waals surface area contributed by atoms with Crippen LogP contribution in [0.3, 0.4) is 0 Å². The Balaban J connectivity index is 0.000000287. The molecule has 6 aliphatic heterocycles. The third kappa shape index (κ3) is 25.4. The van der Waals surface area contributed by atoms with Gasteiger partial charge in [-0.3, -0.25) is 59.1 Å². The molecule has 6 aromatic carbocycles. The molecule has 6 aliphatic rings. The summed E-state index contributed by atoms with van der Waals surface area (Å²) in [6.07, 6.45) is 3.04. The first-order valence-electron chi connectivity index (χ1n) is 35.3. The minimum Gasteiger partial charge on any atom is -0.374 e. The maximum Gasteiger partial charge on any atom is 0.255 e. The van der Waals surface area contributed by atoms with E-state index in [0.717, 1.165) is 64.1 Å². The van der Waals surface area contributed by atoms with Crippen molar-refractivity contribution in [2.24, 2.45) is 36.6 Å². The second-order valence-corrected chi connectivity index (χ2v) is 23.9. The van der Waals surface area contributed by atoms with Crippen molar-refractivity contribution in [2.75, 3.05) is 37.0 Å². The van der Waals surface area contributed by atoms with E-state index in [4.69, 9.17) is 0 Å². The average molecular weight is 1380 g/mol. The van der Waals surface area contributed by atoms with Gasteiger partial charge in [0, 0.05) is 76.0 Å². The molecule has 5 atom stereocenters. The summed E-state index contributed by atoms with van der Waals surface area (Å²) in [4.78, 5) is 114. The van der Waals surface area contributed by atoms with Gasteiger partial charge in [-0.25, -0.2) is 0 Å². The zero-order valence-electron chi connectivity index (χ0n) is 61.5. The van der Waals surface area contributed by atoms with E-state index in [1.165, 1.54) is 0 Å². The van der Waals surface area contributed by atoms with E-state index in [9.17, 15) is 43.2 Å². The molecule has 0 bridgehead atoms. The number of nitrogens with one attached hydrogen (secondary N) is 5. The molecule has 101 heavy (non-hydrogen) atoms. The largest absolute Gasteiger partial charge is 0.374 e. The summed E-state index contributed by atoms with van der Waals surface area (Å²) in [7, 11) is 3.64. The fraction of sp³-hybridized carbons (Fsp3) is 0.423. The van der Waals surface area contributed by atoms with E-state index in [-0.39, 0.29) is 66.7 Å². The molecule has 23 nitrogen and oxygen atoms in total. The van der Waals surface area contributed by atoms with E-state index >= 15 is 0 Å². The van der Waals surface area contributed by atoms with Crippen LogP contribution in [0.1, 0.15) is 180 Å². The van der Waals surface area contributed by atoms with E-state index in [1.54, 1.807) is 18.0 Å². The number of carbonyl (C=O) groups is 9. The molecule has 3 saturated heterocycles. The topological polar surface area (TPSA) is 298 Å². The molecule has 0 radical (unpaired) electrons. The predicted octanol–water partition coefficient (Wildman–Crippen LogP) is 15.3. The Kier molecular flexibility index (Phi) is 36.0. The minimum atomic E-state index is -0.687. The van der Waals surface area contributed by atoms with Crippen molar-refractivity contribution in [1.82, 2.24) is 31.5 Å². The predicted molar refractivity (Wildman–Crippen MR) is 398 cm³/mol. The Morgan fingerprint density at radius 3 is 1.27 bits per heavy atom.